The lowest BCUT2D eigenvalue weighted by atomic mass is 10.1. The summed E-state index contributed by atoms with van der Waals surface area (Å²) in [4.78, 5) is 17.7. The van der Waals surface area contributed by atoms with Crippen LogP contribution in [0.15, 0.2) is 0 Å². The van der Waals surface area contributed by atoms with Gasteiger partial charge in [-0.3, -0.25) is 0 Å². The van der Waals surface area contributed by atoms with E-state index in [4.69, 9.17) is 0 Å². The zero-order chi connectivity index (χ0) is 14.5. The fraction of sp³-hybridized carbons (Fsp3) is 0.733. The van der Waals surface area contributed by atoms with Crippen molar-refractivity contribution in [2.45, 2.75) is 71.4 Å². The third-order valence-corrected chi connectivity index (χ3v) is 5.13. The Labute approximate surface area is 125 Å². The first-order chi connectivity index (χ1) is 9.56. The molecule has 0 radical (unpaired) electrons. The molecule has 0 saturated heterocycles. The molecule has 1 aliphatic carbocycles. The van der Waals surface area contributed by atoms with E-state index in [0.29, 0.717) is 6.04 Å². The highest BCUT2D eigenvalue weighted by molar-refractivity contribution is 7.11. The van der Waals surface area contributed by atoms with E-state index in [9.17, 15) is 4.79 Å². The minimum Gasteiger partial charge on any atom is -0.335 e. The maximum atomic E-state index is 12.1. The van der Waals surface area contributed by atoms with Crippen LogP contribution in [0.5, 0.6) is 0 Å². The van der Waals surface area contributed by atoms with Gasteiger partial charge in [-0.05, 0) is 33.6 Å². The number of nitrogens with one attached hydrogen (secondary N) is 2. The summed E-state index contributed by atoms with van der Waals surface area (Å²) < 4.78 is 0. The molecule has 2 N–H and O–H groups in total. The average molecular weight is 295 g/mol. The monoisotopic (exact) mass is 295 g/mol. The number of rotatable bonds is 3. The van der Waals surface area contributed by atoms with Gasteiger partial charge in [0.1, 0.15) is 0 Å². The van der Waals surface area contributed by atoms with Gasteiger partial charge >= 0.3 is 6.03 Å². The normalized spacial score (nSPS) is 18.4. The molecule has 1 saturated carbocycles. The Kier molecular flexibility index (Phi) is 5.40. The van der Waals surface area contributed by atoms with Gasteiger partial charge in [-0.2, -0.15) is 0 Å². The lowest BCUT2D eigenvalue weighted by Crippen LogP contribution is -2.42. The highest BCUT2D eigenvalue weighted by Gasteiger charge is 2.18. The predicted octanol–water partition coefficient (Wildman–Crippen LogP) is 3.84. The molecule has 1 unspecified atom stereocenters. The zero-order valence-electron chi connectivity index (χ0n) is 12.7. The zero-order valence-corrected chi connectivity index (χ0v) is 13.5. The Morgan fingerprint density at radius 2 is 1.90 bits per heavy atom. The molecule has 1 fully saturated rings. The second-order valence-electron chi connectivity index (χ2n) is 5.71. The van der Waals surface area contributed by atoms with Crippen molar-refractivity contribution in [2.75, 3.05) is 0 Å². The summed E-state index contributed by atoms with van der Waals surface area (Å²) in [6.07, 6.45) is 7.29. The van der Waals surface area contributed by atoms with Crippen LogP contribution in [0.4, 0.5) is 4.79 Å². The van der Waals surface area contributed by atoms with E-state index >= 15 is 0 Å². The van der Waals surface area contributed by atoms with Gasteiger partial charge in [0, 0.05) is 10.9 Å². The first-order valence-electron chi connectivity index (χ1n) is 7.57. The minimum absolute atomic E-state index is 0.0204. The van der Waals surface area contributed by atoms with Crippen molar-refractivity contribution in [2.24, 2.45) is 0 Å². The number of urea groups is 1. The molecule has 4 nitrogen and oxygen atoms in total. The molecule has 5 heteroatoms. The first kappa shape index (κ1) is 15.3. The molecular weight excluding hydrogens is 270 g/mol. The van der Waals surface area contributed by atoms with Crippen LogP contribution in [-0.2, 0) is 0 Å². The van der Waals surface area contributed by atoms with Crippen molar-refractivity contribution in [1.82, 2.24) is 15.6 Å². The number of hydrogen-bond acceptors (Lipinski definition) is 3. The molecular formula is C15H25N3OS. The fourth-order valence-corrected chi connectivity index (χ4v) is 3.79. The second-order valence-corrected chi connectivity index (χ2v) is 6.95. The summed E-state index contributed by atoms with van der Waals surface area (Å²) in [7, 11) is 0. The third kappa shape index (κ3) is 4.20. The van der Waals surface area contributed by atoms with E-state index in [2.05, 4.69) is 15.6 Å². The van der Waals surface area contributed by atoms with E-state index in [0.717, 1.165) is 28.4 Å². The number of nitrogens with zero attached hydrogens (tertiary/aromatic N) is 1. The third-order valence-electron chi connectivity index (χ3n) is 3.87. The van der Waals surface area contributed by atoms with E-state index in [1.54, 1.807) is 11.3 Å². The Balaban J connectivity index is 1.85. The topological polar surface area (TPSA) is 54.0 Å². The van der Waals surface area contributed by atoms with Crippen molar-refractivity contribution >= 4 is 17.4 Å². The number of carbonyl (C=O) groups excluding carboxylic acids is 1. The number of carbonyl (C=O) groups is 1. The lowest BCUT2D eigenvalue weighted by Gasteiger charge is -2.19. The van der Waals surface area contributed by atoms with Crippen LogP contribution in [-0.4, -0.2) is 17.1 Å². The van der Waals surface area contributed by atoms with Crippen molar-refractivity contribution in [3.63, 3.8) is 0 Å². The van der Waals surface area contributed by atoms with Gasteiger partial charge in [0.2, 0.25) is 0 Å². The maximum absolute atomic E-state index is 12.1. The quantitative estimate of drug-likeness (QED) is 0.832. The van der Waals surface area contributed by atoms with Crippen molar-refractivity contribution in [3.8, 4) is 0 Å². The Morgan fingerprint density at radius 1 is 1.25 bits per heavy atom. The first-order valence-corrected chi connectivity index (χ1v) is 8.39. The number of aryl methyl sites for hydroxylation is 2. The van der Waals surface area contributed by atoms with Crippen molar-refractivity contribution in [1.29, 1.82) is 0 Å². The summed E-state index contributed by atoms with van der Waals surface area (Å²) in [6.45, 7) is 6.02. The molecule has 1 heterocycles. The molecule has 1 aromatic rings. The summed E-state index contributed by atoms with van der Waals surface area (Å²) in [6, 6.07) is 0.316. The van der Waals surface area contributed by atoms with Crippen LogP contribution in [0.3, 0.4) is 0 Å². The molecule has 1 atom stereocenters. The van der Waals surface area contributed by atoms with Crippen LogP contribution >= 0.6 is 11.3 Å². The number of thiazole rings is 1. The van der Waals surface area contributed by atoms with Gasteiger partial charge < -0.3 is 10.6 Å². The van der Waals surface area contributed by atoms with Crippen molar-refractivity contribution < 1.29 is 4.79 Å². The predicted molar refractivity (Wildman–Crippen MR) is 83.2 cm³/mol. The van der Waals surface area contributed by atoms with Crippen molar-refractivity contribution in [3.05, 3.63) is 15.6 Å². The van der Waals surface area contributed by atoms with Crippen LogP contribution < -0.4 is 10.6 Å². The number of amides is 2. The number of hydrogen-bond donors (Lipinski definition) is 2. The number of aromatic nitrogens is 1. The van der Waals surface area contributed by atoms with E-state index < -0.39 is 0 Å². The van der Waals surface area contributed by atoms with Crippen LogP contribution in [0.1, 0.15) is 67.1 Å². The molecule has 2 amide bonds. The molecule has 0 bridgehead atoms. The van der Waals surface area contributed by atoms with E-state index in [-0.39, 0.29) is 12.1 Å². The summed E-state index contributed by atoms with van der Waals surface area (Å²) in [5.74, 6) is 0. The van der Waals surface area contributed by atoms with Gasteiger partial charge in [-0.1, -0.05) is 25.7 Å². The largest absolute Gasteiger partial charge is 0.335 e. The van der Waals surface area contributed by atoms with Gasteiger partial charge in [0.05, 0.1) is 16.7 Å². The molecule has 20 heavy (non-hydrogen) atoms. The smallest absolute Gasteiger partial charge is 0.315 e. The Hall–Kier alpha value is -1.10. The maximum Gasteiger partial charge on any atom is 0.315 e. The van der Waals surface area contributed by atoms with Gasteiger partial charge in [-0.25, -0.2) is 9.78 Å². The molecule has 0 aromatic carbocycles. The Morgan fingerprint density at radius 3 is 2.45 bits per heavy atom. The van der Waals surface area contributed by atoms with Crippen LogP contribution in [0, 0.1) is 13.8 Å². The van der Waals surface area contributed by atoms with Gasteiger partial charge in [0.15, 0.2) is 0 Å². The molecule has 0 spiro atoms. The summed E-state index contributed by atoms with van der Waals surface area (Å²) in [5, 5.41) is 7.21. The molecule has 112 valence electrons. The molecule has 0 aliphatic heterocycles. The van der Waals surface area contributed by atoms with E-state index in [1.165, 1.54) is 25.7 Å². The molecule has 2 rings (SSSR count). The van der Waals surface area contributed by atoms with Crippen LogP contribution in [0.2, 0.25) is 0 Å². The summed E-state index contributed by atoms with van der Waals surface area (Å²) in [5.41, 5.74) is 1.02. The van der Waals surface area contributed by atoms with Crippen LogP contribution in [0.25, 0.3) is 0 Å². The standard InChI is InChI=1S/C15H25N3OS/c1-10-14(20-12(3)16-10)11(2)17-15(19)18-13-8-6-4-5-7-9-13/h11,13H,4-9H2,1-3H3,(H2,17,18,19). The summed E-state index contributed by atoms with van der Waals surface area (Å²) >= 11 is 1.66. The minimum atomic E-state index is -0.0464. The second kappa shape index (κ2) is 7.07. The average Bonchev–Trinajstić information content (AvgIpc) is 2.59. The fourth-order valence-electron chi connectivity index (χ4n) is 2.86. The highest BCUT2D eigenvalue weighted by Crippen LogP contribution is 2.24. The molecule has 1 aliphatic rings. The lowest BCUT2D eigenvalue weighted by molar-refractivity contribution is 0.232. The Bertz CT molecular complexity index is 450. The van der Waals surface area contributed by atoms with Gasteiger partial charge in [-0.15, -0.1) is 11.3 Å². The van der Waals surface area contributed by atoms with E-state index in [1.807, 2.05) is 20.8 Å². The highest BCUT2D eigenvalue weighted by atomic mass is 32.1. The SMILES string of the molecule is Cc1nc(C)c(C(C)NC(=O)NC2CCCCCC2)s1. The van der Waals surface area contributed by atoms with Gasteiger partial charge in [0.25, 0.3) is 0 Å². The molecule has 1 aromatic heterocycles.